The highest BCUT2D eigenvalue weighted by Gasteiger charge is 2.20. The zero-order chi connectivity index (χ0) is 26.5. The van der Waals surface area contributed by atoms with Crippen LogP contribution in [0.5, 0.6) is 5.75 Å². The van der Waals surface area contributed by atoms with Crippen LogP contribution in [0, 0.1) is 5.41 Å². The Bertz CT molecular complexity index is 1390. The van der Waals surface area contributed by atoms with Crippen LogP contribution < -0.4 is 27.7 Å². The first-order valence-electron chi connectivity index (χ1n) is 12.1. The number of carbonyl (C=O) groups excluding carboxylic acids is 2. The lowest BCUT2D eigenvalue weighted by Gasteiger charge is -2.16. The number of amidine groups is 1. The molecule has 1 fully saturated rings. The fraction of sp³-hybridized carbons (Fsp3) is 0.259. The Morgan fingerprint density at radius 2 is 1.73 bits per heavy atom. The molecule has 0 bridgehead atoms. The molecule has 1 saturated heterocycles. The summed E-state index contributed by atoms with van der Waals surface area (Å²) in [5.41, 5.74) is 24.9. The summed E-state index contributed by atoms with van der Waals surface area (Å²) >= 11 is 0. The van der Waals surface area contributed by atoms with Crippen molar-refractivity contribution in [3.8, 4) is 5.75 Å². The molecule has 1 aliphatic heterocycles. The first kappa shape index (κ1) is 25.6. The molecule has 1 amide bonds. The fourth-order valence-corrected chi connectivity index (χ4v) is 4.58. The predicted molar refractivity (Wildman–Crippen MR) is 144 cm³/mol. The molecule has 0 unspecified atom stereocenters. The highest BCUT2D eigenvalue weighted by atomic mass is 16.5. The van der Waals surface area contributed by atoms with Crippen molar-refractivity contribution in [2.75, 3.05) is 19.6 Å². The number of primary amides is 1. The monoisotopic (exact) mass is 501 g/mol. The molecule has 10 nitrogen and oxygen atoms in total. The fourth-order valence-electron chi connectivity index (χ4n) is 4.58. The van der Waals surface area contributed by atoms with E-state index >= 15 is 0 Å². The largest absolute Gasteiger partial charge is 0.423 e. The van der Waals surface area contributed by atoms with Crippen molar-refractivity contribution in [2.24, 2.45) is 27.9 Å². The lowest BCUT2D eigenvalue weighted by Crippen LogP contribution is -2.23. The number of ether oxygens (including phenoxy) is 1. The van der Waals surface area contributed by atoms with Crippen molar-refractivity contribution in [3.63, 3.8) is 0 Å². The Kier molecular flexibility index (Phi) is 7.69. The zero-order valence-electron chi connectivity index (χ0n) is 20.5. The number of fused-ring (bicyclic) bond motifs is 1. The van der Waals surface area contributed by atoms with Gasteiger partial charge in [-0.3, -0.25) is 10.2 Å². The van der Waals surface area contributed by atoms with Gasteiger partial charge in [-0.2, -0.15) is 0 Å². The maximum Gasteiger partial charge on any atom is 0.345 e. The van der Waals surface area contributed by atoms with Gasteiger partial charge in [0, 0.05) is 17.7 Å². The van der Waals surface area contributed by atoms with E-state index in [9.17, 15) is 9.59 Å². The van der Waals surface area contributed by atoms with Gasteiger partial charge in [-0.25, -0.2) is 9.79 Å². The smallest absolute Gasteiger partial charge is 0.345 e. The first-order chi connectivity index (χ1) is 17.7. The molecule has 0 spiro atoms. The molecular weight excluding hydrogens is 470 g/mol. The topological polar surface area (TPSA) is 187 Å². The summed E-state index contributed by atoms with van der Waals surface area (Å²) in [7, 11) is 0. The normalized spacial score (nSPS) is 13.4. The van der Waals surface area contributed by atoms with E-state index in [0.29, 0.717) is 22.2 Å². The van der Waals surface area contributed by atoms with Gasteiger partial charge in [0.05, 0.1) is 17.7 Å². The molecule has 9 N–H and O–H groups in total. The van der Waals surface area contributed by atoms with Gasteiger partial charge in [0.25, 0.3) is 0 Å². The molecule has 0 saturated carbocycles. The number of amides is 1. The minimum absolute atomic E-state index is 0.0787. The van der Waals surface area contributed by atoms with Crippen molar-refractivity contribution in [3.05, 3.63) is 70.8 Å². The van der Waals surface area contributed by atoms with Crippen molar-refractivity contribution in [1.29, 1.82) is 5.41 Å². The molecule has 192 valence electrons. The summed E-state index contributed by atoms with van der Waals surface area (Å²) in [6.07, 6.45) is 3.09. The number of nitrogens with one attached hydrogen (secondary N) is 1. The molecular formula is C27H31N7O3. The average molecular weight is 502 g/mol. The van der Waals surface area contributed by atoms with E-state index in [-0.39, 0.29) is 29.5 Å². The predicted octanol–water partition coefficient (Wildman–Crippen LogP) is 1.91. The summed E-state index contributed by atoms with van der Waals surface area (Å²) in [4.78, 5) is 31.7. The molecule has 0 atom stereocenters. The first-order valence-corrected chi connectivity index (χ1v) is 12.1. The summed E-state index contributed by atoms with van der Waals surface area (Å²) < 4.78 is 5.75. The second-order valence-corrected chi connectivity index (χ2v) is 9.11. The van der Waals surface area contributed by atoms with E-state index in [0.717, 1.165) is 37.0 Å². The second kappa shape index (κ2) is 11.1. The zero-order valence-corrected chi connectivity index (χ0v) is 20.5. The maximum atomic E-state index is 13.3. The van der Waals surface area contributed by atoms with E-state index < -0.39 is 11.9 Å². The molecule has 4 rings (SSSR count). The van der Waals surface area contributed by atoms with Crippen LogP contribution in [0.2, 0.25) is 0 Å². The molecule has 1 aliphatic rings. The third-order valence-corrected chi connectivity index (χ3v) is 6.40. The van der Waals surface area contributed by atoms with Gasteiger partial charge < -0.3 is 32.6 Å². The Morgan fingerprint density at radius 1 is 0.973 bits per heavy atom. The molecule has 37 heavy (non-hydrogen) atoms. The standard InChI is InChI=1S/C27H31N7O3/c28-24(35)15-21-19-7-4-18(25(29)30)14-17(19)5-8-23(21)37-26(36)20-6-3-16(13-22(20)33-27(31)32)9-12-34-10-1-2-11-34/h3-8,13-14H,1-2,9-12,15H2,(H2,28,35)(H3,29,30)(H4,31,32,33). The van der Waals surface area contributed by atoms with Crippen LogP contribution in [0.3, 0.4) is 0 Å². The third-order valence-electron chi connectivity index (χ3n) is 6.40. The Balaban J connectivity index is 1.65. The van der Waals surface area contributed by atoms with E-state index in [4.69, 9.17) is 33.1 Å². The Labute approximate surface area is 214 Å². The van der Waals surface area contributed by atoms with Crippen LogP contribution in [0.1, 0.15) is 39.9 Å². The minimum Gasteiger partial charge on any atom is -0.423 e. The highest BCUT2D eigenvalue weighted by molar-refractivity contribution is 6.02. The number of aliphatic imine (C=N–C) groups is 1. The second-order valence-electron chi connectivity index (χ2n) is 9.11. The number of esters is 1. The summed E-state index contributed by atoms with van der Waals surface area (Å²) in [5, 5.41) is 9.06. The summed E-state index contributed by atoms with van der Waals surface area (Å²) in [6, 6.07) is 13.7. The summed E-state index contributed by atoms with van der Waals surface area (Å²) in [5.74, 6) is -1.31. The minimum atomic E-state index is -0.670. The van der Waals surface area contributed by atoms with E-state index in [1.165, 1.54) is 12.8 Å². The average Bonchev–Trinajstić information content (AvgIpc) is 3.37. The van der Waals surface area contributed by atoms with Gasteiger partial charge in [-0.05, 0) is 73.0 Å². The number of guanidine groups is 1. The van der Waals surface area contributed by atoms with Crippen molar-refractivity contribution >= 4 is 40.1 Å². The van der Waals surface area contributed by atoms with Crippen LogP contribution >= 0.6 is 0 Å². The Morgan fingerprint density at radius 3 is 2.41 bits per heavy atom. The van der Waals surface area contributed by atoms with Gasteiger partial charge in [0.15, 0.2) is 5.96 Å². The van der Waals surface area contributed by atoms with E-state index in [2.05, 4.69) is 9.89 Å². The molecule has 0 radical (unpaired) electrons. The van der Waals surface area contributed by atoms with Crippen LogP contribution in [0.15, 0.2) is 53.5 Å². The number of likely N-dealkylation sites (tertiary alicyclic amines) is 1. The number of rotatable bonds is 9. The third kappa shape index (κ3) is 6.22. The van der Waals surface area contributed by atoms with Gasteiger partial charge in [-0.15, -0.1) is 0 Å². The van der Waals surface area contributed by atoms with Gasteiger partial charge in [0.1, 0.15) is 11.6 Å². The quantitative estimate of drug-likeness (QED) is 0.128. The van der Waals surface area contributed by atoms with Crippen molar-refractivity contribution in [2.45, 2.75) is 25.7 Å². The summed E-state index contributed by atoms with van der Waals surface area (Å²) in [6.45, 7) is 3.12. The van der Waals surface area contributed by atoms with Gasteiger partial charge >= 0.3 is 5.97 Å². The highest BCUT2D eigenvalue weighted by Crippen LogP contribution is 2.31. The molecule has 3 aromatic rings. The number of nitrogen functional groups attached to an aromatic ring is 1. The number of carbonyl (C=O) groups is 2. The lowest BCUT2D eigenvalue weighted by molar-refractivity contribution is -0.117. The SMILES string of the molecule is N=C(N)c1ccc2c(CC(N)=O)c(OC(=O)c3ccc(CCN4CCCC4)cc3N=C(N)N)ccc2c1. The number of hydrogen-bond acceptors (Lipinski definition) is 6. The van der Waals surface area contributed by atoms with Crippen LogP contribution in [-0.2, 0) is 17.6 Å². The van der Waals surface area contributed by atoms with Crippen LogP contribution in [-0.4, -0.2) is 48.2 Å². The number of nitrogens with two attached hydrogens (primary N) is 4. The Hall–Kier alpha value is -4.44. The molecule has 1 heterocycles. The molecule has 10 heteroatoms. The molecule has 0 aliphatic carbocycles. The molecule has 3 aromatic carbocycles. The van der Waals surface area contributed by atoms with Crippen molar-refractivity contribution < 1.29 is 14.3 Å². The van der Waals surface area contributed by atoms with E-state index in [1.807, 2.05) is 6.07 Å². The maximum absolute atomic E-state index is 13.3. The van der Waals surface area contributed by atoms with Crippen molar-refractivity contribution in [1.82, 2.24) is 4.90 Å². The number of hydrogen-bond donors (Lipinski definition) is 5. The number of benzene rings is 3. The lowest BCUT2D eigenvalue weighted by atomic mass is 9.98. The molecule has 0 aromatic heterocycles. The van der Waals surface area contributed by atoms with E-state index in [1.54, 1.807) is 42.5 Å². The van der Waals surface area contributed by atoms with Crippen LogP contribution in [0.4, 0.5) is 5.69 Å². The van der Waals surface area contributed by atoms with Gasteiger partial charge in [-0.1, -0.05) is 24.3 Å². The van der Waals surface area contributed by atoms with Crippen LogP contribution in [0.25, 0.3) is 10.8 Å². The number of nitrogens with zero attached hydrogens (tertiary/aromatic N) is 2. The van der Waals surface area contributed by atoms with Gasteiger partial charge in [0.2, 0.25) is 5.91 Å².